The molecule has 40 heavy (non-hydrogen) atoms. The number of hydrogen-bond donors (Lipinski definition) is 0. The van der Waals surface area contributed by atoms with Gasteiger partial charge in [0.1, 0.15) is 6.10 Å². The molecule has 0 bridgehead atoms. The first-order valence-corrected chi connectivity index (χ1v) is 15.0. The number of hydrogen-bond acceptors (Lipinski definition) is 4. The largest absolute Gasteiger partial charge is 0.455 e. The van der Waals surface area contributed by atoms with Gasteiger partial charge in [-0.15, -0.1) is 0 Å². The van der Waals surface area contributed by atoms with Crippen LogP contribution in [0.4, 0.5) is 0 Å². The van der Waals surface area contributed by atoms with Crippen LogP contribution in [0, 0.1) is 22.7 Å². The highest BCUT2D eigenvalue weighted by atomic mass is 16.7. The molecule has 210 valence electrons. The van der Waals surface area contributed by atoms with Crippen LogP contribution in [0.5, 0.6) is 0 Å². The summed E-state index contributed by atoms with van der Waals surface area (Å²) in [5, 5.41) is 0. The maximum absolute atomic E-state index is 13.0. The Balaban J connectivity index is 1.26. The van der Waals surface area contributed by atoms with E-state index >= 15 is 0 Å². The summed E-state index contributed by atoms with van der Waals surface area (Å²) in [5.74, 6) is 5.98. The van der Waals surface area contributed by atoms with Crippen molar-refractivity contribution < 1.29 is 19.0 Å². The van der Waals surface area contributed by atoms with Gasteiger partial charge in [0.05, 0.1) is 18.8 Å². The maximum atomic E-state index is 13.0. The minimum absolute atomic E-state index is 0.171. The Morgan fingerprint density at radius 3 is 2.33 bits per heavy atom. The van der Waals surface area contributed by atoms with Crippen molar-refractivity contribution in [1.29, 1.82) is 0 Å². The lowest BCUT2D eigenvalue weighted by atomic mass is 9.64. The van der Waals surface area contributed by atoms with E-state index in [9.17, 15) is 4.79 Å². The maximum Gasteiger partial charge on any atom is 0.338 e. The van der Waals surface area contributed by atoms with Crippen molar-refractivity contribution in [3.05, 3.63) is 96.1 Å². The predicted octanol–water partition coefficient (Wildman–Crippen LogP) is 8.04. The number of allylic oxidation sites excluding steroid dienone is 2. The van der Waals surface area contributed by atoms with Crippen LogP contribution in [0.15, 0.2) is 85.0 Å². The zero-order valence-electron chi connectivity index (χ0n) is 23.8. The van der Waals surface area contributed by atoms with Gasteiger partial charge in [0.2, 0.25) is 0 Å². The molecule has 0 aromatic heterocycles. The van der Waals surface area contributed by atoms with Crippen molar-refractivity contribution in [3.63, 3.8) is 0 Å². The molecule has 2 atom stereocenters. The second kappa shape index (κ2) is 13.0. The Labute approximate surface area is 239 Å². The first-order valence-electron chi connectivity index (χ1n) is 15.0. The molecular formula is C36H42O4. The van der Waals surface area contributed by atoms with E-state index in [0.717, 1.165) is 44.1 Å². The molecule has 1 spiro atoms. The Bertz CT molecular complexity index is 1230. The van der Waals surface area contributed by atoms with Crippen molar-refractivity contribution >= 4 is 5.97 Å². The van der Waals surface area contributed by atoms with E-state index in [2.05, 4.69) is 43.0 Å². The standard InChI is InChI=1S/C36H42O4/c1-34(22-10-11-26-36(34)38-28-29-39-36)21-9-8-19-32(40-33(37)31-17-6-3-7-18-31)20-27-35(24-13-25-35)23-12-16-30-14-4-2-5-15-30/h2-9,14-15,17-19,21,32H,10-11,13,20,22-29H2,1H3/b19-8+,21-9+/t32?,34-/m1/s1. The summed E-state index contributed by atoms with van der Waals surface area (Å²) < 4.78 is 18.3. The number of ether oxygens (including phenoxy) is 3. The van der Waals surface area contributed by atoms with Gasteiger partial charge in [-0.05, 0) is 74.3 Å². The third-order valence-corrected chi connectivity index (χ3v) is 9.09. The van der Waals surface area contributed by atoms with E-state index < -0.39 is 5.79 Å². The fourth-order valence-electron chi connectivity index (χ4n) is 6.39. The average Bonchev–Trinajstić information content (AvgIpc) is 3.44. The molecule has 1 unspecified atom stereocenters. The Hall–Kier alpha value is -3.13. The van der Waals surface area contributed by atoms with Crippen LogP contribution in [-0.2, 0) is 14.2 Å². The van der Waals surface area contributed by atoms with Crippen molar-refractivity contribution in [2.24, 2.45) is 10.8 Å². The molecule has 0 radical (unpaired) electrons. The fraction of sp³-hybridized carbons (Fsp3) is 0.472. The molecule has 1 heterocycles. The molecular weight excluding hydrogens is 496 g/mol. The topological polar surface area (TPSA) is 44.8 Å². The van der Waals surface area contributed by atoms with Gasteiger partial charge in [0.15, 0.2) is 5.79 Å². The molecule has 4 nitrogen and oxygen atoms in total. The summed E-state index contributed by atoms with van der Waals surface area (Å²) >= 11 is 0. The van der Waals surface area contributed by atoms with Crippen LogP contribution in [0.1, 0.15) is 87.1 Å². The van der Waals surface area contributed by atoms with E-state index in [4.69, 9.17) is 14.2 Å². The third-order valence-electron chi connectivity index (χ3n) is 9.09. The number of benzene rings is 2. The van der Waals surface area contributed by atoms with Crippen LogP contribution >= 0.6 is 0 Å². The first-order chi connectivity index (χ1) is 19.5. The molecule has 4 heteroatoms. The van der Waals surface area contributed by atoms with E-state index in [1.807, 2.05) is 48.6 Å². The van der Waals surface area contributed by atoms with Crippen LogP contribution in [-0.4, -0.2) is 31.1 Å². The van der Waals surface area contributed by atoms with Crippen molar-refractivity contribution in [2.75, 3.05) is 13.2 Å². The van der Waals surface area contributed by atoms with E-state index in [0.29, 0.717) is 18.8 Å². The number of rotatable bonds is 9. The van der Waals surface area contributed by atoms with Gasteiger partial charge in [0.25, 0.3) is 0 Å². The fourth-order valence-corrected chi connectivity index (χ4v) is 6.39. The van der Waals surface area contributed by atoms with Crippen LogP contribution in [0.2, 0.25) is 0 Å². The van der Waals surface area contributed by atoms with Crippen molar-refractivity contribution in [2.45, 2.75) is 83.0 Å². The predicted molar refractivity (Wildman–Crippen MR) is 159 cm³/mol. The highest BCUT2D eigenvalue weighted by molar-refractivity contribution is 5.89. The van der Waals surface area contributed by atoms with Gasteiger partial charge in [-0.3, -0.25) is 0 Å². The van der Waals surface area contributed by atoms with Gasteiger partial charge in [-0.2, -0.15) is 0 Å². The molecule has 2 aliphatic carbocycles. The molecule has 1 aliphatic heterocycles. The third kappa shape index (κ3) is 6.77. The Morgan fingerprint density at radius 2 is 1.62 bits per heavy atom. The van der Waals surface area contributed by atoms with E-state index in [-0.39, 0.29) is 22.9 Å². The summed E-state index contributed by atoms with van der Waals surface area (Å²) in [4.78, 5) is 13.0. The minimum Gasteiger partial charge on any atom is -0.455 e. The molecule has 2 saturated carbocycles. The zero-order chi connectivity index (χ0) is 27.7. The summed E-state index contributed by atoms with van der Waals surface area (Å²) in [7, 11) is 0. The van der Waals surface area contributed by atoms with Crippen LogP contribution in [0.25, 0.3) is 0 Å². The molecule has 3 aliphatic rings. The van der Waals surface area contributed by atoms with Gasteiger partial charge >= 0.3 is 5.97 Å². The van der Waals surface area contributed by atoms with Crippen LogP contribution in [0.3, 0.4) is 0 Å². The monoisotopic (exact) mass is 538 g/mol. The average molecular weight is 539 g/mol. The number of esters is 1. The zero-order valence-corrected chi connectivity index (χ0v) is 23.8. The highest BCUT2D eigenvalue weighted by Gasteiger charge is 2.52. The normalized spacial score (nSPS) is 23.9. The molecule has 3 fully saturated rings. The number of carbonyl (C=O) groups excluding carboxylic acids is 1. The van der Waals surface area contributed by atoms with E-state index in [1.54, 1.807) is 12.1 Å². The highest BCUT2D eigenvalue weighted by Crippen LogP contribution is 2.50. The van der Waals surface area contributed by atoms with Crippen molar-refractivity contribution in [1.82, 2.24) is 0 Å². The van der Waals surface area contributed by atoms with Gasteiger partial charge in [-0.1, -0.05) is 86.2 Å². The second-order valence-corrected chi connectivity index (χ2v) is 11.9. The number of carbonyl (C=O) groups is 1. The van der Waals surface area contributed by atoms with Gasteiger partial charge in [0, 0.05) is 23.8 Å². The smallest absolute Gasteiger partial charge is 0.338 e. The molecule has 0 amide bonds. The van der Waals surface area contributed by atoms with Crippen molar-refractivity contribution in [3.8, 4) is 11.8 Å². The van der Waals surface area contributed by atoms with Gasteiger partial charge < -0.3 is 14.2 Å². The first kappa shape index (κ1) is 28.4. The molecule has 1 saturated heterocycles. The molecule has 2 aromatic carbocycles. The molecule has 2 aromatic rings. The minimum atomic E-state index is -0.508. The summed E-state index contributed by atoms with van der Waals surface area (Å²) in [5.41, 5.74) is 1.68. The van der Waals surface area contributed by atoms with E-state index in [1.165, 1.54) is 25.7 Å². The Morgan fingerprint density at radius 1 is 0.925 bits per heavy atom. The summed E-state index contributed by atoms with van der Waals surface area (Å²) in [6.07, 6.45) is 18.6. The molecule has 0 N–H and O–H groups in total. The lowest BCUT2D eigenvalue weighted by Gasteiger charge is -2.46. The lowest BCUT2D eigenvalue weighted by molar-refractivity contribution is -0.235. The Kier molecular flexibility index (Phi) is 9.25. The second-order valence-electron chi connectivity index (χ2n) is 11.9. The van der Waals surface area contributed by atoms with Crippen LogP contribution < -0.4 is 0 Å². The summed E-state index contributed by atoms with van der Waals surface area (Å²) in [6, 6.07) is 19.4. The lowest BCUT2D eigenvalue weighted by Crippen LogP contribution is -2.48. The molecule has 5 rings (SSSR count). The van der Waals surface area contributed by atoms with Gasteiger partial charge in [-0.25, -0.2) is 4.79 Å². The summed E-state index contributed by atoms with van der Waals surface area (Å²) in [6.45, 7) is 3.56. The SMILES string of the molecule is C[C@@]1(/C=C/C=C/C(CCC2(CC#Cc3ccccc3)CCC2)OC(=O)c2ccccc2)CCCCC12OCCO2. The quantitative estimate of drug-likeness (QED) is 0.184.